The second-order valence-corrected chi connectivity index (χ2v) is 2.39. The molecule has 2 heterocycles. The third-order valence-electron chi connectivity index (χ3n) is 1.53. The molecule has 1 unspecified atom stereocenters. The van der Waals surface area contributed by atoms with Crippen LogP contribution in [0.3, 0.4) is 0 Å². The van der Waals surface area contributed by atoms with Gasteiger partial charge in [-0.15, -0.1) is 0 Å². The van der Waals surface area contributed by atoms with Crippen molar-refractivity contribution in [1.82, 2.24) is 4.98 Å². The summed E-state index contributed by atoms with van der Waals surface area (Å²) in [6.07, 6.45) is 3.11. The number of ether oxygens (including phenoxy) is 1. The van der Waals surface area contributed by atoms with E-state index in [0.29, 0.717) is 0 Å². The van der Waals surface area contributed by atoms with Crippen LogP contribution in [0.25, 0.3) is 0 Å². The normalized spacial score (nSPS) is 32.6. The molecule has 1 aromatic heterocycles. The van der Waals surface area contributed by atoms with E-state index in [-0.39, 0.29) is 5.60 Å². The van der Waals surface area contributed by atoms with Crippen LogP contribution in [-0.4, -0.2) is 11.6 Å². The fourth-order valence-corrected chi connectivity index (χ4v) is 0.727. The molecule has 1 saturated heterocycles. The second kappa shape index (κ2) is 1.36. The molecule has 0 aliphatic carbocycles. The molecule has 0 aromatic carbocycles. The lowest BCUT2D eigenvalue weighted by Gasteiger charge is -1.94. The molecule has 1 aliphatic heterocycles. The Labute approximate surface area is 52.6 Å². The maximum atomic E-state index is 5.11. The highest BCUT2D eigenvalue weighted by Crippen LogP contribution is 2.37. The average molecular weight is 125 g/mol. The molecule has 0 spiro atoms. The van der Waals surface area contributed by atoms with E-state index in [0.717, 1.165) is 12.4 Å². The minimum atomic E-state index is -0.156. The first-order chi connectivity index (χ1) is 4.31. The summed E-state index contributed by atoms with van der Waals surface area (Å²) in [5.41, 5.74) is -0.156. The van der Waals surface area contributed by atoms with Gasteiger partial charge in [0, 0.05) is 0 Å². The van der Waals surface area contributed by atoms with E-state index >= 15 is 0 Å². The Kier molecular flexibility index (Phi) is 0.754. The van der Waals surface area contributed by atoms with Crippen molar-refractivity contribution in [2.45, 2.75) is 12.5 Å². The number of aromatic nitrogens is 1. The van der Waals surface area contributed by atoms with Gasteiger partial charge < -0.3 is 9.15 Å². The lowest BCUT2D eigenvalue weighted by Crippen LogP contribution is -1.98. The standard InChI is InChI=1S/C6H7NO2/c1-6(3-9-6)5-2-7-4-8-5/h2,4H,3H2,1H3. The van der Waals surface area contributed by atoms with E-state index in [2.05, 4.69) is 4.98 Å². The summed E-state index contributed by atoms with van der Waals surface area (Å²) in [6.45, 7) is 2.73. The summed E-state index contributed by atoms with van der Waals surface area (Å²) in [4.78, 5) is 3.78. The zero-order valence-electron chi connectivity index (χ0n) is 5.13. The number of epoxide rings is 1. The molecular weight excluding hydrogens is 118 g/mol. The highest BCUT2D eigenvalue weighted by molar-refractivity contribution is 5.09. The molecule has 2 rings (SSSR count). The molecule has 0 radical (unpaired) electrons. The quantitative estimate of drug-likeness (QED) is 0.524. The van der Waals surface area contributed by atoms with Crippen LogP contribution in [0.2, 0.25) is 0 Å². The Hall–Kier alpha value is -0.830. The van der Waals surface area contributed by atoms with Gasteiger partial charge in [-0.3, -0.25) is 0 Å². The van der Waals surface area contributed by atoms with Gasteiger partial charge in [0.25, 0.3) is 0 Å². The Morgan fingerprint density at radius 3 is 3.00 bits per heavy atom. The van der Waals surface area contributed by atoms with Gasteiger partial charge in [0.05, 0.1) is 12.8 Å². The van der Waals surface area contributed by atoms with E-state index in [1.165, 1.54) is 6.39 Å². The van der Waals surface area contributed by atoms with E-state index in [9.17, 15) is 0 Å². The molecule has 3 heteroatoms. The Bertz CT molecular complexity index is 201. The van der Waals surface area contributed by atoms with E-state index in [1.54, 1.807) is 6.20 Å². The molecule has 48 valence electrons. The predicted molar refractivity (Wildman–Crippen MR) is 29.8 cm³/mol. The largest absolute Gasteiger partial charge is 0.445 e. The van der Waals surface area contributed by atoms with Crippen LogP contribution in [-0.2, 0) is 10.3 Å². The number of rotatable bonds is 1. The molecule has 9 heavy (non-hydrogen) atoms. The van der Waals surface area contributed by atoms with Crippen LogP contribution in [0.5, 0.6) is 0 Å². The highest BCUT2D eigenvalue weighted by atomic mass is 16.6. The van der Waals surface area contributed by atoms with Crippen LogP contribution in [0.1, 0.15) is 12.7 Å². The zero-order chi connectivity index (χ0) is 6.32. The van der Waals surface area contributed by atoms with Crippen LogP contribution >= 0.6 is 0 Å². The predicted octanol–water partition coefficient (Wildman–Crippen LogP) is 0.920. The smallest absolute Gasteiger partial charge is 0.181 e. The Morgan fingerprint density at radius 2 is 2.56 bits per heavy atom. The van der Waals surface area contributed by atoms with Crippen molar-refractivity contribution in [1.29, 1.82) is 0 Å². The van der Waals surface area contributed by atoms with E-state index in [1.807, 2.05) is 6.92 Å². The zero-order valence-corrected chi connectivity index (χ0v) is 5.13. The van der Waals surface area contributed by atoms with Crippen molar-refractivity contribution in [3.05, 3.63) is 18.4 Å². The highest BCUT2D eigenvalue weighted by Gasteiger charge is 2.44. The first-order valence-corrected chi connectivity index (χ1v) is 2.84. The Balaban J connectivity index is 2.34. The van der Waals surface area contributed by atoms with Crippen LogP contribution in [0.15, 0.2) is 17.0 Å². The van der Waals surface area contributed by atoms with Crippen LogP contribution < -0.4 is 0 Å². The van der Waals surface area contributed by atoms with Crippen molar-refractivity contribution in [2.24, 2.45) is 0 Å². The van der Waals surface area contributed by atoms with Crippen molar-refractivity contribution < 1.29 is 9.15 Å². The maximum absolute atomic E-state index is 5.11. The van der Waals surface area contributed by atoms with E-state index < -0.39 is 0 Å². The van der Waals surface area contributed by atoms with Crippen molar-refractivity contribution >= 4 is 0 Å². The summed E-state index contributed by atoms with van der Waals surface area (Å²) in [5, 5.41) is 0. The fraction of sp³-hybridized carbons (Fsp3) is 0.500. The SMILES string of the molecule is CC1(c2cnco2)CO1. The molecule has 3 nitrogen and oxygen atoms in total. The summed E-state index contributed by atoms with van der Waals surface area (Å²) < 4.78 is 10.1. The second-order valence-electron chi connectivity index (χ2n) is 2.39. The summed E-state index contributed by atoms with van der Waals surface area (Å²) in [7, 11) is 0. The molecule has 1 fully saturated rings. The first kappa shape index (κ1) is 4.99. The van der Waals surface area contributed by atoms with Gasteiger partial charge in [0.2, 0.25) is 0 Å². The molecule has 0 amide bonds. The first-order valence-electron chi connectivity index (χ1n) is 2.84. The lowest BCUT2D eigenvalue weighted by atomic mass is 10.2. The fourth-order valence-electron chi connectivity index (χ4n) is 0.727. The van der Waals surface area contributed by atoms with Crippen molar-refractivity contribution in [3.63, 3.8) is 0 Å². The van der Waals surface area contributed by atoms with Gasteiger partial charge in [0.1, 0.15) is 5.60 Å². The minimum absolute atomic E-state index is 0.156. The lowest BCUT2D eigenvalue weighted by molar-refractivity contribution is 0.285. The third-order valence-corrected chi connectivity index (χ3v) is 1.53. The number of oxazole rings is 1. The molecule has 1 aromatic rings. The summed E-state index contributed by atoms with van der Waals surface area (Å²) in [6, 6.07) is 0. The molecular formula is C6H7NO2. The van der Waals surface area contributed by atoms with Crippen molar-refractivity contribution in [3.8, 4) is 0 Å². The third kappa shape index (κ3) is 0.650. The minimum Gasteiger partial charge on any atom is -0.445 e. The topological polar surface area (TPSA) is 38.6 Å². The van der Waals surface area contributed by atoms with Gasteiger partial charge in [0.15, 0.2) is 12.2 Å². The number of nitrogens with zero attached hydrogens (tertiary/aromatic N) is 1. The van der Waals surface area contributed by atoms with Gasteiger partial charge in [-0.2, -0.15) is 0 Å². The van der Waals surface area contributed by atoms with Crippen LogP contribution in [0.4, 0.5) is 0 Å². The van der Waals surface area contributed by atoms with Gasteiger partial charge in [-0.25, -0.2) is 4.98 Å². The van der Waals surface area contributed by atoms with Gasteiger partial charge in [-0.05, 0) is 6.92 Å². The molecule has 1 aliphatic rings. The summed E-state index contributed by atoms with van der Waals surface area (Å²) in [5.74, 6) is 0.822. The average Bonchev–Trinajstić information content (AvgIpc) is 2.46. The Morgan fingerprint density at radius 1 is 1.78 bits per heavy atom. The van der Waals surface area contributed by atoms with Gasteiger partial charge >= 0.3 is 0 Å². The van der Waals surface area contributed by atoms with Gasteiger partial charge in [-0.1, -0.05) is 0 Å². The van der Waals surface area contributed by atoms with E-state index in [4.69, 9.17) is 9.15 Å². The molecule has 0 saturated carbocycles. The molecule has 0 N–H and O–H groups in total. The monoisotopic (exact) mass is 125 g/mol. The van der Waals surface area contributed by atoms with Crippen LogP contribution in [0, 0.1) is 0 Å². The number of hydrogen-bond acceptors (Lipinski definition) is 3. The molecule has 1 atom stereocenters. The molecule has 0 bridgehead atoms. The summed E-state index contributed by atoms with van der Waals surface area (Å²) >= 11 is 0. The number of hydrogen-bond donors (Lipinski definition) is 0. The maximum Gasteiger partial charge on any atom is 0.181 e. The van der Waals surface area contributed by atoms with Crippen molar-refractivity contribution in [2.75, 3.05) is 6.61 Å².